The van der Waals surface area contributed by atoms with Gasteiger partial charge in [-0.25, -0.2) is 0 Å². The second-order valence-electron chi connectivity index (χ2n) is 4.83. The summed E-state index contributed by atoms with van der Waals surface area (Å²) in [6.07, 6.45) is 2.22. The maximum atomic E-state index is 11.5. The van der Waals surface area contributed by atoms with Gasteiger partial charge >= 0.3 is 5.97 Å². The van der Waals surface area contributed by atoms with Crippen LogP contribution in [0.25, 0.3) is 0 Å². The van der Waals surface area contributed by atoms with E-state index < -0.39 is 29.8 Å². The van der Waals surface area contributed by atoms with Crippen molar-refractivity contribution in [1.29, 1.82) is 0 Å². The van der Waals surface area contributed by atoms with Gasteiger partial charge in [-0.1, -0.05) is 6.42 Å². The van der Waals surface area contributed by atoms with E-state index in [4.69, 9.17) is 9.52 Å². The van der Waals surface area contributed by atoms with E-state index in [0.29, 0.717) is 13.0 Å². The lowest BCUT2D eigenvalue weighted by molar-refractivity contribution is -0.145. The van der Waals surface area contributed by atoms with Gasteiger partial charge in [0.1, 0.15) is 18.4 Å². The third-order valence-electron chi connectivity index (χ3n) is 3.45. The molecule has 0 amide bonds. The zero-order valence-electron chi connectivity index (χ0n) is 10.9. The highest BCUT2D eigenvalue weighted by atomic mass is 16.4. The minimum atomic E-state index is -0.926. The molecule has 20 heavy (non-hydrogen) atoms. The lowest BCUT2D eigenvalue weighted by atomic mass is 10.0. The summed E-state index contributed by atoms with van der Waals surface area (Å²) in [7, 11) is 0. The fourth-order valence-corrected chi connectivity index (χ4v) is 2.42. The number of aliphatic hydroxyl groups is 1. The van der Waals surface area contributed by atoms with Gasteiger partial charge in [-0.15, -0.1) is 0 Å². The van der Waals surface area contributed by atoms with Gasteiger partial charge in [-0.05, 0) is 19.4 Å². The first kappa shape index (κ1) is 14.5. The molecule has 1 aromatic rings. The van der Waals surface area contributed by atoms with E-state index in [9.17, 15) is 19.8 Å². The van der Waals surface area contributed by atoms with E-state index >= 15 is 0 Å². The molecule has 7 nitrogen and oxygen atoms in total. The quantitative estimate of drug-likeness (QED) is 0.727. The Balaban J connectivity index is 2.26. The number of aromatic hydroxyl groups is 1. The standard InChI is InChI=1S/C13H17NO6/c15-7-8-5-10(16)12(17)11(20-8)6-14-4-2-1-3-9(14)13(18)19/h5,9,15,17H,1-4,6-7H2,(H,18,19)/t9-/m1/s1. The number of piperidine rings is 1. The Morgan fingerprint density at radius 1 is 1.45 bits per heavy atom. The van der Waals surface area contributed by atoms with Gasteiger partial charge in [-0.3, -0.25) is 14.5 Å². The molecule has 1 fully saturated rings. The third-order valence-corrected chi connectivity index (χ3v) is 3.45. The Labute approximate surface area is 115 Å². The highest BCUT2D eigenvalue weighted by molar-refractivity contribution is 5.73. The predicted molar refractivity (Wildman–Crippen MR) is 68.3 cm³/mol. The van der Waals surface area contributed by atoms with Gasteiger partial charge in [0.15, 0.2) is 5.76 Å². The lowest BCUT2D eigenvalue weighted by Crippen LogP contribution is -2.44. The fraction of sp³-hybridized carbons (Fsp3) is 0.538. The van der Waals surface area contributed by atoms with Crippen LogP contribution in [0, 0.1) is 0 Å². The van der Waals surface area contributed by atoms with E-state index in [1.54, 1.807) is 4.90 Å². The van der Waals surface area contributed by atoms with Crippen LogP contribution in [0.2, 0.25) is 0 Å². The fourth-order valence-electron chi connectivity index (χ4n) is 2.42. The van der Waals surface area contributed by atoms with Crippen molar-refractivity contribution in [2.75, 3.05) is 6.54 Å². The first-order chi connectivity index (χ1) is 9.52. The Kier molecular flexibility index (Phi) is 4.41. The zero-order valence-corrected chi connectivity index (χ0v) is 10.9. The molecule has 7 heteroatoms. The summed E-state index contributed by atoms with van der Waals surface area (Å²) in [5.74, 6) is -1.41. The average molecular weight is 283 g/mol. The molecule has 110 valence electrons. The number of carboxylic acids is 1. The van der Waals surface area contributed by atoms with Crippen molar-refractivity contribution < 1.29 is 24.5 Å². The largest absolute Gasteiger partial charge is 0.502 e. The van der Waals surface area contributed by atoms with Crippen LogP contribution in [0.4, 0.5) is 0 Å². The van der Waals surface area contributed by atoms with E-state index in [1.807, 2.05) is 0 Å². The Morgan fingerprint density at radius 3 is 2.85 bits per heavy atom. The first-order valence-electron chi connectivity index (χ1n) is 6.45. The van der Waals surface area contributed by atoms with Crippen LogP contribution in [0.5, 0.6) is 5.75 Å². The second kappa shape index (κ2) is 6.06. The minimum Gasteiger partial charge on any atom is -0.502 e. The van der Waals surface area contributed by atoms with Crippen LogP contribution in [0.3, 0.4) is 0 Å². The molecule has 1 atom stereocenters. The maximum Gasteiger partial charge on any atom is 0.320 e. The molecular weight excluding hydrogens is 266 g/mol. The number of hydrogen-bond donors (Lipinski definition) is 3. The molecular formula is C13H17NO6. The van der Waals surface area contributed by atoms with Crippen molar-refractivity contribution in [1.82, 2.24) is 4.90 Å². The first-order valence-corrected chi connectivity index (χ1v) is 6.45. The zero-order chi connectivity index (χ0) is 14.7. The summed E-state index contributed by atoms with van der Waals surface area (Å²) in [5.41, 5.74) is -0.640. The summed E-state index contributed by atoms with van der Waals surface area (Å²) in [6, 6.07) is 0.371. The van der Waals surface area contributed by atoms with Crippen molar-refractivity contribution >= 4 is 5.97 Å². The highest BCUT2D eigenvalue weighted by Gasteiger charge is 2.29. The molecule has 1 saturated heterocycles. The number of carboxylic acid groups (broad SMARTS) is 1. The van der Waals surface area contributed by atoms with Crippen LogP contribution in [-0.2, 0) is 17.9 Å². The van der Waals surface area contributed by atoms with Gasteiger partial charge in [0, 0.05) is 6.07 Å². The Morgan fingerprint density at radius 2 is 2.20 bits per heavy atom. The molecule has 1 aliphatic heterocycles. The molecule has 0 unspecified atom stereocenters. The lowest BCUT2D eigenvalue weighted by Gasteiger charge is -2.32. The predicted octanol–water partition coefficient (Wildman–Crippen LogP) is 0.277. The van der Waals surface area contributed by atoms with Gasteiger partial charge in [0.25, 0.3) is 0 Å². The molecule has 0 spiro atoms. The minimum absolute atomic E-state index is 0.00491. The maximum absolute atomic E-state index is 11.5. The number of carbonyl (C=O) groups is 1. The topological polar surface area (TPSA) is 111 Å². The molecule has 1 aliphatic rings. The Bertz CT molecular complexity index is 552. The Hall–Kier alpha value is -1.86. The molecule has 1 aromatic heterocycles. The third kappa shape index (κ3) is 3.00. The van der Waals surface area contributed by atoms with Crippen molar-refractivity contribution in [2.45, 2.75) is 38.5 Å². The van der Waals surface area contributed by atoms with Gasteiger partial charge < -0.3 is 19.7 Å². The molecule has 0 aliphatic carbocycles. The molecule has 0 aromatic carbocycles. The summed E-state index contributed by atoms with van der Waals surface area (Å²) >= 11 is 0. The molecule has 2 heterocycles. The summed E-state index contributed by atoms with van der Waals surface area (Å²) < 4.78 is 5.23. The van der Waals surface area contributed by atoms with Crippen molar-refractivity contribution in [2.24, 2.45) is 0 Å². The second-order valence-corrected chi connectivity index (χ2v) is 4.83. The van der Waals surface area contributed by atoms with E-state index in [-0.39, 0.29) is 18.1 Å². The van der Waals surface area contributed by atoms with E-state index in [0.717, 1.165) is 18.9 Å². The smallest absolute Gasteiger partial charge is 0.320 e. The number of aliphatic hydroxyl groups excluding tert-OH is 1. The number of hydrogen-bond acceptors (Lipinski definition) is 6. The van der Waals surface area contributed by atoms with E-state index in [2.05, 4.69) is 0 Å². The van der Waals surface area contributed by atoms with Crippen LogP contribution in [0.1, 0.15) is 30.8 Å². The molecule has 0 bridgehead atoms. The summed E-state index contributed by atoms with van der Waals surface area (Å²) in [4.78, 5) is 24.4. The monoisotopic (exact) mass is 283 g/mol. The van der Waals surface area contributed by atoms with Gasteiger partial charge in [-0.2, -0.15) is 0 Å². The molecule has 0 saturated carbocycles. The van der Waals surface area contributed by atoms with Crippen LogP contribution in [-0.4, -0.2) is 38.8 Å². The van der Waals surface area contributed by atoms with Crippen LogP contribution in [0.15, 0.2) is 15.3 Å². The van der Waals surface area contributed by atoms with Crippen molar-refractivity contribution in [3.63, 3.8) is 0 Å². The van der Waals surface area contributed by atoms with Gasteiger partial charge in [0.05, 0.1) is 6.54 Å². The average Bonchev–Trinajstić information content (AvgIpc) is 2.44. The molecule has 2 rings (SSSR count). The SMILES string of the molecule is O=C(O)[C@H]1CCCCN1Cc1oc(CO)cc(=O)c1O. The highest BCUT2D eigenvalue weighted by Crippen LogP contribution is 2.23. The van der Waals surface area contributed by atoms with Crippen molar-refractivity contribution in [3.8, 4) is 5.75 Å². The van der Waals surface area contributed by atoms with Crippen LogP contribution >= 0.6 is 0 Å². The van der Waals surface area contributed by atoms with Crippen LogP contribution < -0.4 is 5.43 Å². The number of rotatable bonds is 4. The van der Waals surface area contributed by atoms with Crippen molar-refractivity contribution in [3.05, 3.63) is 27.8 Å². The summed E-state index contributed by atoms with van der Waals surface area (Å²) in [6.45, 7) is 0.139. The molecule has 0 radical (unpaired) electrons. The van der Waals surface area contributed by atoms with E-state index in [1.165, 1.54) is 0 Å². The number of nitrogens with zero attached hydrogens (tertiary/aromatic N) is 1. The number of likely N-dealkylation sites (tertiary alicyclic amines) is 1. The molecule has 3 N–H and O–H groups in total. The van der Waals surface area contributed by atoms with Gasteiger partial charge in [0.2, 0.25) is 11.2 Å². The summed E-state index contributed by atoms with van der Waals surface area (Å²) in [5, 5.41) is 27.9. The normalized spacial score (nSPS) is 19.9. The number of aliphatic carboxylic acids is 1.